The van der Waals surface area contributed by atoms with E-state index in [9.17, 15) is 4.79 Å². The Bertz CT molecular complexity index is 742. The Labute approximate surface area is 147 Å². The molecule has 1 aromatic carbocycles. The van der Waals surface area contributed by atoms with Gasteiger partial charge in [0.2, 0.25) is 5.91 Å². The summed E-state index contributed by atoms with van der Waals surface area (Å²) >= 11 is 1.49. The topological polar surface area (TPSA) is 51.2 Å². The highest BCUT2D eigenvalue weighted by atomic mass is 32.1. The fraction of sp³-hybridized carbons (Fsp3) is 0.474. The van der Waals surface area contributed by atoms with Gasteiger partial charge in [0.1, 0.15) is 5.75 Å². The molecule has 1 heterocycles. The number of carbonyl (C=O) groups excluding carboxylic acids is 1. The van der Waals surface area contributed by atoms with E-state index in [4.69, 9.17) is 4.74 Å². The van der Waals surface area contributed by atoms with E-state index in [1.807, 2.05) is 29.6 Å². The number of benzene rings is 1. The predicted octanol–water partition coefficient (Wildman–Crippen LogP) is 4.51. The lowest BCUT2D eigenvalue weighted by Gasteiger charge is -2.41. The Kier molecular flexibility index (Phi) is 4.38. The van der Waals surface area contributed by atoms with Gasteiger partial charge in [-0.3, -0.25) is 4.79 Å². The van der Waals surface area contributed by atoms with Crippen molar-refractivity contribution in [3.05, 3.63) is 40.9 Å². The van der Waals surface area contributed by atoms with Crippen LogP contribution in [0.4, 0.5) is 5.13 Å². The summed E-state index contributed by atoms with van der Waals surface area (Å²) in [6, 6.07) is 7.82. The minimum Gasteiger partial charge on any atom is -0.496 e. The molecular formula is C19H24N2O2S. The molecule has 1 aliphatic carbocycles. The normalized spacial score (nSPS) is 16.3. The molecule has 24 heavy (non-hydrogen) atoms. The minimum absolute atomic E-state index is 0.0176. The Morgan fingerprint density at radius 2 is 2.00 bits per heavy atom. The molecule has 1 aromatic heterocycles. The van der Waals surface area contributed by atoms with E-state index >= 15 is 0 Å². The molecule has 1 N–H and O–H groups in total. The van der Waals surface area contributed by atoms with E-state index in [0.717, 1.165) is 36.3 Å². The highest BCUT2D eigenvalue weighted by Gasteiger charge is 2.47. The van der Waals surface area contributed by atoms with Crippen LogP contribution in [0.5, 0.6) is 5.75 Å². The molecule has 0 spiro atoms. The first-order valence-corrected chi connectivity index (χ1v) is 9.16. The van der Waals surface area contributed by atoms with Crippen molar-refractivity contribution >= 4 is 22.4 Å². The molecule has 0 unspecified atom stereocenters. The van der Waals surface area contributed by atoms with E-state index in [1.54, 1.807) is 7.11 Å². The van der Waals surface area contributed by atoms with Crippen molar-refractivity contribution < 1.29 is 9.53 Å². The van der Waals surface area contributed by atoms with Gasteiger partial charge in [-0.1, -0.05) is 45.4 Å². The quantitative estimate of drug-likeness (QED) is 0.888. The molecular weight excluding hydrogens is 320 g/mol. The maximum atomic E-state index is 13.0. The number of para-hydroxylation sites is 1. The van der Waals surface area contributed by atoms with Crippen molar-refractivity contribution in [2.45, 2.75) is 50.9 Å². The summed E-state index contributed by atoms with van der Waals surface area (Å²) in [5, 5.41) is 5.73. The number of hydrogen-bond donors (Lipinski definition) is 1. The lowest BCUT2D eigenvalue weighted by molar-refractivity contribution is -0.124. The summed E-state index contributed by atoms with van der Waals surface area (Å²) in [6.45, 7) is 6.36. The van der Waals surface area contributed by atoms with Gasteiger partial charge in [0.15, 0.2) is 5.13 Å². The van der Waals surface area contributed by atoms with Crippen molar-refractivity contribution in [2.75, 3.05) is 12.4 Å². The molecule has 5 heteroatoms. The van der Waals surface area contributed by atoms with Crippen molar-refractivity contribution in [1.82, 2.24) is 4.98 Å². The molecule has 0 atom stereocenters. The fourth-order valence-electron chi connectivity index (χ4n) is 3.08. The van der Waals surface area contributed by atoms with Crippen LogP contribution in [0, 0.1) is 0 Å². The van der Waals surface area contributed by atoms with Gasteiger partial charge in [0.05, 0.1) is 18.2 Å². The summed E-state index contributed by atoms with van der Waals surface area (Å²) in [5.41, 5.74) is 1.46. The lowest BCUT2D eigenvalue weighted by Crippen LogP contribution is -2.46. The van der Waals surface area contributed by atoms with Crippen molar-refractivity contribution in [3.63, 3.8) is 0 Å². The van der Waals surface area contributed by atoms with Crippen molar-refractivity contribution in [3.8, 4) is 5.75 Å². The number of carbonyl (C=O) groups is 1. The average molecular weight is 344 g/mol. The number of methoxy groups -OCH3 is 1. The highest BCUT2D eigenvalue weighted by molar-refractivity contribution is 7.14. The molecule has 128 valence electrons. The third-order valence-electron chi connectivity index (χ3n) is 4.76. The SMILES string of the molecule is COc1ccccc1C1(C(=O)Nc2nc(C(C)(C)C)cs2)CCC1. The third kappa shape index (κ3) is 2.93. The molecule has 0 bridgehead atoms. The fourth-order valence-corrected chi connectivity index (χ4v) is 4.01. The number of aromatic nitrogens is 1. The Balaban J connectivity index is 1.86. The molecule has 1 aliphatic rings. The van der Waals surface area contributed by atoms with Gasteiger partial charge in [-0.05, 0) is 18.9 Å². The first-order chi connectivity index (χ1) is 11.4. The highest BCUT2D eigenvalue weighted by Crippen LogP contribution is 2.48. The van der Waals surface area contributed by atoms with Crippen LogP contribution in [0.1, 0.15) is 51.3 Å². The third-order valence-corrected chi connectivity index (χ3v) is 5.52. The predicted molar refractivity (Wildman–Crippen MR) is 98.0 cm³/mol. The summed E-state index contributed by atoms with van der Waals surface area (Å²) < 4.78 is 5.48. The van der Waals surface area contributed by atoms with Gasteiger partial charge in [0.25, 0.3) is 0 Å². The van der Waals surface area contributed by atoms with E-state index in [0.29, 0.717) is 5.13 Å². The monoisotopic (exact) mass is 344 g/mol. The Morgan fingerprint density at radius 3 is 2.54 bits per heavy atom. The number of hydrogen-bond acceptors (Lipinski definition) is 4. The molecule has 0 radical (unpaired) electrons. The van der Waals surface area contributed by atoms with Gasteiger partial charge in [-0.2, -0.15) is 0 Å². The first kappa shape index (κ1) is 17.0. The van der Waals surface area contributed by atoms with Gasteiger partial charge in [0, 0.05) is 16.4 Å². The zero-order valence-electron chi connectivity index (χ0n) is 14.7. The Morgan fingerprint density at radius 1 is 1.29 bits per heavy atom. The number of rotatable bonds is 4. The largest absolute Gasteiger partial charge is 0.496 e. The van der Waals surface area contributed by atoms with E-state index in [-0.39, 0.29) is 11.3 Å². The number of anilines is 1. The first-order valence-electron chi connectivity index (χ1n) is 8.28. The zero-order valence-corrected chi connectivity index (χ0v) is 15.5. The minimum atomic E-state index is -0.500. The summed E-state index contributed by atoms with van der Waals surface area (Å²) in [4.78, 5) is 17.6. The average Bonchev–Trinajstić information content (AvgIpc) is 2.95. The van der Waals surface area contributed by atoms with Gasteiger partial charge >= 0.3 is 0 Å². The molecule has 1 saturated carbocycles. The molecule has 1 amide bonds. The standard InChI is InChI=1S/C19H24N2O2S/c1-18(2,3)15-12-24-17(20-15)21-16(22)19(10-7-11-19)13-8-5-6-9-14(13)23-4/h5-6,8-9,12H,7,10-11H2,1-4H3,(H,20,21,22). The second-order valence-corrected chi connectivity index (χ2v) is 8.24. The van der Waals surface area contributed by atoms with Gasteiger partial charge in [-0.25, -0.2) is 4.98 Å². The Hall–Kier alpha value is -1.88. The van der Waals surface area contributed by atoms with Crippen LogP contribution < -0.4 is 10.1 Å². The van der Waals surface area contributed by atoms with Crippen LogP contribution in [-0.4, -0.2) is 18.0 Å². The maximum absolute atomic E-state index is 13.0. The van der Waals surface area contributed by atoms with E-state index in [2.05, 4.69) is 31.1 Å². The number of nitrogens with zero attached hydrogens (tertiary/aromatic N) is 1. The number of thiazole rings is 1. The summed E-state index contributed by atoms with van der Waals surface area (Å²) in [7, 11) is 1.65. The van der Waals surface area contributed by atoms with Crippen molar-refractivity contribution in [2.24, 2.45) is 0 Å². The smallest absolute Gasteiger partial charge is 0.236 e. The van der Waals surface area contributed by atoms with Crippen LogP contribution in [0.2, 0.25) is 0 Å². The van der Waals surface area contributed by atoms with Gasteiger partial charge in [-0.15, -0.1) is 11.3 Å². The van der Waals surface area contributed by atoms with E-state index in [1.165, 1.54) is 11.3 Å². The van der Waals surface area contributed by atoms with Crippen LogP contribution >= 0.6 is 11.3 Å². The van der Waals surface area contributed by atoms with E-state index < -0.39 is 5.41 Å². The second-order valence-electron chi connectivity index (χ2n) is 7.38. The van der Waals surface area contributed by atoms with Crippen LogP contribution in [0.15, 0.2) is 29.6 Å². The molecule has 4 nitrogen and oxygen atoms in total. The number of amides is 1. The summed E-state index contributed by atoms with van der Waals surface area (Å²) in [6.07, 6.45) is 2.74. The maximum Gasteiger partial charge on any atom is 0.236 e. The van der Waals surface area contributed by atoms with Crippen LogP contribution in [0.3, 0.4) is 0 Å². The van der Waals surface area contributed by atoms with Crippen LogP contribution in [0.25, 0.3) is 0 Å². The molecule has 3 rings (SSSR count). The molecule has 2 aromatic rings. The van der Waals surface area contributed by atoms with Crippen molar-refractivity contribution in [1.29, 1.82) is 0 Å². The molecule has 0 saturated heterocycles. The summed E-state index contributed by atoms with van der Waals surface area (Å²) in [5.74, 6) is 0.801. The number of nitrogens with one attached hydrogen (secondary N) is 1. The number of ether oxygens (including phenoxy) is 1. The zero-order chi connectivity index (χ0) is 17.4. The second kappa shape index (κ2) is 6.20. The van der Waals surface area contributed by atoms with Crippen LogP contribution in [-0.2, 0) is 15.6 Å². The van der Waals surface area contributed by atoms with Gasteiger partial charge < -0.3 is 10.1 Å². The molecule has 1 fully saturated rings. The molecule has 0 aliphatic heterocycles. The lowest BCUT2D eigenvalue weighted by atomic mass is 9.63.